The molecule has 2 aromatic heterocycles. The SMILES string of the molecule is Cc1cc2nc(-c3cnc(C(C)(C)C)cc3Cl)[nH]c2cc1C. The molecule has 0 spiro atoms. The number of hydrogen-bond acceptors (Lipinski definition) is 2. The van der Waals surface area contributed by atoms with Crippen LogP contribution in [-0.4, -0.2) is 15.0 Å². The number of pyridine rings is 1. The zero-order valence-electron chi connectivity index (χ0n) is 13.6. The van der Waals surface area contributed by atoms with E-state index < -0.39 is 0 Å². The number of nitrogens with zero attached hydrogens (tertiary/aromatic N) is 2. The van der Waals surface area contributed by atoms with Crippen molar-refractivity contribution in [2.45, 2.75) is 40.0 Å². The van der Waals surface area contributed by atoms with Crippen molar-refractivity contribution in [3.8, 4) is 11.4 Å². The number of nitrogens with one attached hydrogen (secondary N) is 1. The van der Waals surface area contributed by atoms with Crippen LogP contribution < -0.4 is 0 Å². The fraction of sp³-hybridized carbons (Fsp3) is 0.333. The summed E-state index contributed by atoms with van der Waals surface area (Å²) in [4.78, 5) is 12.5. The third kappa shape index (κ3) is 2.61. The average Bonchev–Trinajstić information content (AvgIpc) is 2.80. The summed E-state index contributed by atoms with van der Waals surface area (Å²) in [5.41, 5.74) is 6.24. The molecule has 22 heavy (non-hydrogen) atoms. The molecule has 0 bridgehead atoms. The van der Waals surface area contributed by atoms with Crippen LogP contribution in [-0.2, 0) is 5.41 Å². The molecule has 0 aliphatic rings. The Bertz CT molecular complexity index is 818. The zero-order valence-corrected chi connectivity index (χ0v) is 14.3. The van der Waals surface area contributed by atoms with E-state index in [0.29, 0.717) is 5.02 Å². The standard InChI is InChI=1S/C18H20ClN3/c1-10-6-14-15(7-11(10)2)22-17(21-14)12-9-20-16(8-13(12)19)18(3,4)5/h6-9H,1-5H3,(H,21,22). The van der Waals surface area contributed by atoms with Crippen LogP contribution in [0.2, 0.25) is 5.02 Å². The van der Waals surface area contributed by atoms with Crippen molar-refractivity contribution in [1.82, 2.24) is 15.0 Å². The van der Waals surface area contributed by atoms with Gasteiger partial charge in [0.1, 0.15) is 5.82 Å². The third-order valence-corrected chi connectivity index (χ3v) is 4.29. The van der Waals surface area contributed by atoms with E-state index >= 15 is 0 Å². The Morgan fingerprint density at radius 3 is 2.36 bits per heavy atom. The third-order valence-electron chi connectivity index (χ3n) is 3.97. The van der Waals surface area contributed by atoms with E-state index in [9.17, 15) is 0 Å². The van der Waals surface area contributed by atoms with Crippen molar-refractivity contribution >= 4 is 22.6 Å². The molecule has 0 fully saturated rings. The maximum atomic E-state index is 6.46. The molecule has 0 unspecified atom stereocenters. The van der Waals surface area contributed by atoms with Gasteiger partial charge in [0.15, 0.2) is 0 Å². The number of imidazole rings is 1. The van der Waals surface area contributed by atoms with Crippen molar-refractivity contribution in [3.05, 3.63) is 46.2 Å². The lowest BCUT2D eigenvalue weighted by Gasteiger charge is -2.18. The second kappa shape index (κ2) is 5.10. The maximum absolute atomic E-state index is 6.46. The summed E-state index contributed by atoms with van der Waals surface area (Å²) in [6.45, 7) is 10.6. The topological polar surface area (TPSA) is 41.6 Å². The minimum absolute atomic E-state index is 0.0235. The molecule has 0 saturated carbocycles. The Morgan fingerprint density at radius 1 is 1.05 bits per heavy atom. The highest BCUT2D eigenvalue weighted by Crippen LogP contribution is 2.31. The van der Waals surface area contributed by atoms with E-state index in [4.69, 9.17) is 11.6 Å². The van der Waals surface area contributed by atoms with Crippen LogP contribution in [0.1, 0.15) is 37.6 Å². The number of H-pyrrole nitrogens is 1. The first kappa shape index (κ1) is 15.0. The molecule has 3 nitrogen and oxygen atoms in total. The fourth-order valence-electron chi connectivity index (χ4n) is 2.41. The fourth-order valence-corrected chi connectivity index (χ4v) is 2.65. The van der Waals surface area contributed by atoms with Gasteiger partial charge in [0.2, 0.25) is 0 Å². The highest BCUT2D eigenvalue weighted by Gasteiger charge is 2.18. The maximum Gasteiger partial charge on any atom is 0.141 e. The number of halogens is 1. The van der Waals surface area contributed by atoms with Gasteiger partial charge >= 0.3 is 0 Å². The van der Waals surface area contributed by atoms with Gasteiger partial charge in [-0.1, -0.05) is 32.4 Å². The molecule has 0 amide bonds. The monoisotopic (exact) mass is 313 g/mol. The molecular formula is C18H20ClN3. The quantitative estimate of drug-likeness (QED) is 0.671. The highest BCUT2D eigenvalue weighted by molar-refractivity contribution is 6.33. The highest BCUT2D eigenvalue weighted by atomic mass is 35.5. The summed E-state index contributed by atoms with van der Waals surface area (Å²) in [6.07, 6.45) is 1.81. The van der Waals surface area contributed by atoms with Gasteiger partial charge in [-0.15, -0.1) is 0 Å². The number of aromatic nitrogens is 3. The Labute approximate surface area is 135 Å². The first-order chi connectivity index (χ1) is 10.3. The Balaban J connectivity index is 2.11. The van der Waals surface area contributed by atoms with Crippen molar-refractivity contribution < 1.29 is 0 Å². The summed E-state index contributed by atoms with van der Waals surface area (Å²) in [5, 5.41) is 0.674. The molecule has 1 aromatic carbocycles. The summed E-state index contributed by atoms with van der Waals surface area (Å²) < 4.78 is 0. The van der Waals surface area contributed by atoms with Crippen LogP contribution in [0.25, 0.3) is 22.4 Å². The molecule has 0 atom stereocenters. The summed E-state index contributed by atoms with van der Waals surface area (Å²) in [6, 6.07) is 6.14. The Morgan fingerprint density at radius 2 is 1.73 bits per heavy atom. The number of fused-ring (bicyclic) bond motifs is 1. The van der Waals surface area contributed by atoms with Crippen LogP contribution in [0.15, 0.2) is 24.4 Å². The molecule has 3 aromatic rings. The summed E-state index contributed by atoms with van der Waals surface area (Å²) in [5.74, 6) is 0.762. The molecule has 1 N–H and O–H groups in total. The van der Waals surface area contributed by atoms with Gasteiger partial charge in [-0.2, -0.15) is 0 Å². The normalized spacial score (nSPS) is 12.1. The molecule has 0 saturated heterocycles. The van der Waals surface area contributed by atoms with E-state index in [1.165, 1.54) is 11.1 Å². The zero-order chi connectivity index (χ0) is 16.1. The van der Waals surface area contributed by atoms with Crippen LogP contribution in [0.5, 0.6) is 0 Å². The lowest BCUT2D eigenvalue weighted by Crippen LogP contribution is -2.13. The van der Waals surface area contributed by atoms with E-state index in [2.05, 4.69) is 61.7 Å². The first-order valence-electron chi connectivity index (χ1n) is 7.39. The molecular weight excluding hydrogens is 294 g/mol. The lowest BCUT2D eigenvalue weighted by molar-refractivity contribution is 0.569. The van der Waals surface area contributed by atoms with Gasteiger partial charge in [-0.05, 0) is 43.2 Å². The van der Waals surface area contributed by atoms with E-state index in [1.54, 1.807) is 6.20 Å². The smallest absolute Gasteiger partial charge is 0.141 e. The molecule has 0 aliphatic carbocycles. The predicted octanol–water partition coefficient (Wildman–Crippen LogP) is 5.19. The first-order valence-corrected chi connectivity index (χ1v) is 7.77. The minimum Gasteiger partial charge on any atom is -0.338 e. The second-order valence-corrected chi connectivity index (χ2v) is 7.25. The minimum atomic E-state index is -0.0235. The van der Waals surface area contributed by atoms with Crippen LogP contribution in [0, 0.1) is 13.8 Å². The molecule has 3 rings (SSSR count). The van der Waals surface area contributed by atoms with Crippen molar-refractivity contribution in [3.63, 3.8) is 0 Å². The van der Waals surface area contributed by atoms with Crippen LogP contribution in [0.4, 0.5) is 0 Å². The average molecular weight is 314 g/mol. The van der Waals surface area contributed by atoms with Gasteiger partial charge < -0.3 is 4.98 Å². The number of aromatic amines is 1. The second-order valence-electron chi connectivity index (χ2n) is 6.84. The van der Waals surface area contributed by atoms with Gasteiger partial charge in [0, 0.05) is 17.3 Å². The molecule has 0 radical (unpaired) electrons. The largest absolute Gasteiger partial charge is 0.338 e. The van der Waals surface area contributed by atoms with Gasteiger partial charge in [-0.3, -0.25) is 4.98 Å². The van der Waals surface area contributed by atoms with Gasteiger partial charge in [0.05, 0.1) is 21.6 Å². The van der Waals surface area contributed by atoms with Gasteiger partial charge in [0.25, 0.3) is 0 Å². The number of aryl methyl sites for hydroxylation is 2. The number of benzene rings is 1. The molecule has 4 heteroatoms. The van der Waals surface area contributed by atoms with Crippen molar-refractivity contribution in [2.24, 2.45) is 0 Å². The Kier molecular flexibility index (Phi) is 3.48. The molecule has 0 aliphatic heterocycles. The van der Waals surface area contributed by atoms with Crippen LogP contribution >= 0.6 is 11.6 Å². The summed E-state index contributed by atoms with van der Waals surface area (Å²) in [7, 11) is 0. The van der Waals surface area contributed by atoms with Gasteiger partial charge in [-0.25, -0.2) is 4.98 Å². The van der Waals surface area contributed by atoms with E-state index in [-0.39, 0.29) is 5.41 Å². The van der Waals surface area contributed by atoms with Crippen molar-refractivity contribution in [1.29, 1.82) is 0 Å². The Hall–Kier alpha value is -1.87. The molecule has 114 valence electrons. The predicted molar refractivity (Wildman–Crippen MR) is 92.5 cm³/mol. The number of hydrogen-bond donors (Lipinski definition) is 1. The van der Waals surface area contributed by atoms with Crippen LogP contribution in [0.3, 0.4) is 0 Å². The molecule has 2 heterocycles. The van der Waals surface area contributed by atoms with E-state index in [1.807, 2.05) is 6.07 Å². The van der Waals surface area contributed by atoms with Crippen molar-refractivity contribution in [2.75, 3.05) is 0 Å². The van der Waals surface area contributed by atoms with E-state index in [0.717, 1.165) is 28.1 Å². The number of rotatable bonds is 1. The lowest BCUT2D eigenvalue weighted by atomic mass is 9.91. The summed E-state index contributed by atoms with van der Waals surface area (Å²) >= 11 is 6.46.